The van der Waals surface area contributed by atoms with Gasteiger partial charge in [-0.15, -0.1) is 0 Å². The zero-order valence-corrected chi connectivity index (χ0v) is 10.3. The zero-order valence-electron chi connectivity index (χ0n) is 9.47. The van der Waals surface area contributed by atoms with Gasteiger partial charge in [0, 0.05) is 5.75 Å². The number of hydrogen-bond donors (Lipinski definition) is 0. The molecule has 0 aliphatic rings. The van der Waals surface area contributed by atoms with Gasteiger partial charge in [-0.3, -0.25) is 4.79 Å². The molecule has 96 valence electrons. The monoisotopic (exact) mass is 258 g/mol. The van der Waals surface area contributed by atoms with Gasteiger partial charge in [0.05, 0.1) is 5.92 Å². The third-order valence-corrected chi connectivity index (χ3v) is 3.10. The Labute approximate surface area is 97.9 Å². The number of hydrogen-bond acceptors (Lipinski definition) is 3. The van der Waals surface area contributed by atoms with E-state index in [0.717, 1.165) is 18.6 Å². The Hall–Kier alpha value is -0.390. The van der Waals surface area contributed by atoms with Gasteiger partial charge in [-0.1, -0.05) is 20.3 Å². The number of carbonyl (C=O) groups excluding carboxylic acids is 1. The molecule has 0 aliphatic heterocycles. The van der Waals surface area contributed by atoms with E-state index in [1.165, 1.54) is 0 Å². The minimum Gasteiger partial charge on any atom is -0.456 e. The van der Waals surface area contributed by atoms with E-state index >= 15 is 0 Å². The van der Waals surface area contributed by atoms with E-state index in [1.54, 1.807) is 18.7 Å². The van der Waals surface area contributed by atoms with E-state index < -0.39 is 24.7 Å². The second-order valence-electron chi connectivity index (χ2n) is 3.55. The van der Waals surface area contributed by atoms with Crippen LogP contribution in [0.4, 0.5) is 13.2 Å². The van der Waals surface area contributed by atoms with Crippen LogP contribution in [0.5, 0.6) is 0 Å². The van der Waals surface area contributed by atoms with Gasteiger partial charge in [0.15, 0.2) is 6.61 Å². The van der Waals surface area contributed by atoms with Crippen molar-refractivity contribution in [2.75, 3.05) is 18.1 Å². The van der Waals surface area contributed by atoms with Gasteiger partial charge in [0.1, 0.15) is 0 Å². The van der Waals surface area contributed by atoms with Crippen LogP contribution in [0.3, 0.4) is 0 Å². The smallest absolute Gasteiger partial charge is 0.422 e. The van der Waals surface area contributed by atoms with Crippen molar-refractivity contribution in [1.82, 2.24) is 0 Å². The number of thioether (sulfide) groups is 1. The van der Waals surface area contributed by atoms with E-state index in [4.69, 9.17) is 0 Å². The lowest BCUT2D eigenvalue weighted by atomic mass is 10.2. The van der Waals surface area contributed by atoms with Crippen molar-refractivity contribution >= 4 is 17.7 Å². The summed E-state index contributed by atoms with van der Waals surface area (Å²) in [6.45, 7) is 2.15. The fraction of sp³-hybridized carbons (Fsp3) is 0.900. The molecule has 0 N–H and O–H groups in total. The van der Waals surface area contributed by atoms with E-state index in [-0.39, 0.29) is 0 Å². The van der Waals surface area contributed by atoms with E-state index in [0.29, 0.717) is 5.75 Å². The van der Waals surface area contributed by atoms with Crippen molar-refractivity contribution in [3.8, 4) is 0 Å². The molecular formula is C10H17F3O2S. The molecule has 0 aromatic carbocycles. The van der Waals surface area contributed by atoms with Crippen LogP contribution in [-0.2, 0) is 9.53 Å². The summed E-state index contributed by atoms with van der Waals surface area (Å²) in [6.07, 6.45) is -2.32. The first-order valence-electron chi connectivity index (χ1n) is 5.18. The van der Waals surface area contributed by atoms with E-state index in [9.17, 15) is 18.0 Å². The first-order chi connectivity index (χ1) is 7.37. The number of rotatable bonds is 7. The van der Waals surface area contributed by atoms with E-state index in [1.807, 2.05) is 0 Å². The average molecular weight is 258 g/mol. The lowest BCUT2D eigenvalue weighted by Crippen LogP contribution is -2.24. The maximum atomic E-state index is 11.7. The number of halogens is 3. The minimum absolute atomic E-state index is 0.482. The summed E-state index contributed by atoms with van der Waals surface area (Å²) < 4.78 is 39.4. The molecule has 16 heavy (non-hydrogen) atoms. The number of unbranched alkanes of at least 4 members (excludes halogenated alkanes) is 1. The summed E-state index contributed by atoms with van der Waals surface area (Å²) >= 11 is 1.57. The number of esters is 1. The van der Waals surface area contributed by atoms with Crippen LogP contribution < -0.4 is 0 Å². The van der Waals surface area contributed by atoms with Gasteiger partial charge in [-0.2, -0.15) is 24.9 Å². The van der Waals surface area contributed by atoms with Gasteiger partial charge in [0.25, 0.3) is 0 Å². The Morgan fingerprint density at radius 2 is 2.06 bits per heavy atom. The summed E-state index contributed by atoms with van der Waals surface area (Å²) in [5.41, 5.74) is 0. The largest absolute Gasteiger partial charge is 0.456 e. The fourth-order valence-electron chi connectivity index (χ4n) is 0.870. The standard InChI is InChI=1S/C10H17F3O2S/c1-3-4-5-16-6-8(2)9(14)15-7-10(11,12)13/h8H,3-7H2,1-2H3. The molecule has 1 atom stereocenters. The molecule has 1 unspecified atom stereocenters. The number of ether oxygens (including phenoxy) is 1. The highest BCUT2D eigenvalue weighted by Gasteiger charge is 2.30. The molecule has 0 aromatic rings. The zero-order chi connectivity index (χ0) is 12.6. The molecule has 2 nitrogen and oxygen atoms in total. The topological polar surface area (TPSA) is 26.3 Å². The highest BCUT2D eigenvalue weighted by atomic mass is 32.2. The summed E-state index contributed by atoms with van der Waals surface area (Å²) in [4.78, 5) is 11.1. The highest BCUT2D eigenvalue weighted by molar-refractivity contribution is 7.99. The molecule has 0 rings (SSSR count). The summed E-state index contributed by atoms with van der Waals surface area (Å²) in [5, 5.41) is 0. The van der Waals surface area contributed by atoms with E-state index in [2.05, 4.69) is 11.7 Å². The molecule has 0 radical (unpaired) electrons. The molecule has 0 spiro atoms. The Kier molecular flexibility index (Phi) is 7.62. The molecule has 0 fully saturated rings. The highest BCUT2D eigenvalue weighted by Crippen LogP contribution is 2.17. The van der Waals surface area contributed by atoms with Crippen LogP contribution in [0.1, 0.15) is 26.7 Å². The van der Waals surface area contributed by atoms with Crippen molar-refractivity contribution < 1.29 is 22.7 Å². The molecule has 0 aliphatic carbocycles. The second kappa shape index (κ2) is 7.81. The molecule has 0 saturated heterocycles. The van der Waals surface area contributed by atoms with Crippen LogP contribution >= 0.6 is 11.8 Å². The maximum absolute atomic E-state index is 11.7. The number of carbonyl (C=O) groups is 1. The maximum Gasteiger partial charge on any atom is 0.422 e. The predicted molar refractivity (Wildman–Crippen MR) is 58.4 cm³/mol. The van der Waals surface area contributed by atoms with Crippen LogP contribution in [-0.4, -0.2) is 30.3 Å². The molecular weight excluding hydrogens is 241 g/mol. The summed E-state index contributed by atoms with van der Waals surface area (Å²) in [7, 11) is 0. The summed E-state index contributed by atoms with van der Waals surface area (Å²) in [5.74, 6) is 0.176. The third-order valence-electron chi connectivity index (χ3n) is 1.79. The van der Waals surface area contributed by atoms with Crippen LogP contribution in [0.15, 0.2) is 0 Å². The molecule has 0 heterocycles. The van der Waals surface area contributed by atoms with Crippen molar-refractivity contribution in [3.05, 3.63) is 0 Å². The van der Waals surface area contributed by atoms with Gasteiger partial charge in [-0.05, 0) is 12.2 Å². The minimum atomic E-state index is -4.44. The van der Waals surface area contributed by atoms with Crippen LogP contribution in [0.25, 0.3) is 0 Å². The Morgan fingerprint density at radius 3 is 2.56 bits per heavy atom. The Bertz CT molecular complexity index is 207. The van der Waals surface area contributed by atoms with Crippen LogP contribution in [0.2, 0.25) is 0 Å². The van der Waals surface area contributed by atoms with Crippen molar-refractivity contribution in [1.29, 1.82) is 0 Å². The predicted octanol–water partition coefficient (Wildman–Crippen LogP) is 3.26. The number of alkyl halides is 3. The third kappa shape index (κ3) is 8.88. The SMILES string of the molecule is CCCCSCC(C)C(=O)OCC(F)(F)F. The van der Waals surface area contributed by atoms with Crippen molar-refractivity contribution in [2.45, 2.75) is 32.9 Å². The first-order valence-corrected chi connectivity index (χ1v) is 6.33. The van der Waals surface area contributed by atoms with Crippen molar-refractivity contribution in [2.24, 2.45) is 5.92 Å². The summed E-state index contributed by atoms with van der Waals surface area (Å²) in [6, 6.07) is 0. The normalized spacial score (nSPS) is 13.6. The van der Waals surface area contributed by atoms with Gasteiger partial charge < -0.3 is 4.74 Å². The molecule has 0 amide bonds. The lowest BCUT2D eigenvalue weighted by Gasteiger charge is -2.12. The fourth-order valence-corrected chi connectivity index (χ4v) is 2.02. The average Bonchev–Trinajstić information content (AvgIpc) is 2.19. The molecule has 6 heteroatoms. The van der Waals surface area contributed by atoms with Gasteiger partial charge in [-0.25, -0.2) is 0 Å². The van der Waals surface area contributed by atoms with Gasteiger partial charge >= 0.3 is 12.1 Å². The van der Waals surface area contributed by atoms with Crippen LogP contribution in [0, 0.1) is 5.92 Å². The first kappa shape index (κ1) is 15.6. The van der Waals surface area contributed by atoms with Gasteiger partial charge in [0.2, 0.25) is 0 Å². The molecule has 0 bridgehead atoms. The Morgan fingerprint density at radius 1 is 1.44 bits per heavy atom. The molecule has 0 aromatic heterocycles. The Balaban J connectivity index is 3.65. The lowest BCUT2D eigenvalue weighted by molar-refractivity contribution is -0.188. The van der Waals surface area contributed by atoms with Crippen molar-refractivity contribution in [3.63, 3.8) is 0 Å². The quantitative estimate of drug-likeness (QED) is 0.518. The molecule has 0 saturated carbocycles. The second-order valence-corrected chi connectivity index (χ2v) is 4.70.